The topological polar surface area (TPSA) is 0 Å². The lowest BCUT2D eigenvalue weighted by Crippen LogP contribution is -2.31. The largest absolute Gasteiger partial charge is 0.143 e. The molecule has 20 aromatic rings. The van der Waals surface area contributed by atoms with Gasteiger partial charge in [0.05, 0.1) is 27.1 Å². The van der Waals surface area contributed by atoms with Gasteiger partial charge in [-0.05, 0) is 374 Å². The molecule has 20 rings (SSSR count). The highest BCUT2D eigenvalue weighted by atomic mass is 32.2. The molecule has 0 fully saturated rings. The van der Waals surface area contributed by atoms with Crippen molar-refractivity contribution in [2.45, 2.75) is 105 Å². The average Bonchev–Trinajstić information content (AvgIpc) is 0.753. The van der Waals surface area contributed by atoms with E-state index in [1.165, 1.54) is 0 Å². The quantitative estimate of drug-likeness (QED) is 0.0115. The van der Waals surface area contributed by atoms with Gasteiger partial charge in [-0.15, -0.1) is 152 Å². The molecule has 0 unspecified atom stereocenters. The predicted molar refractivity (Wildman–Crippen MR) is 670 cm³/mol. The van der Waals surface area contributed by atoms with Gasteiger partial charge in [0, 0.05) is 78.3 Å². The third-order valence-corrected chi connectivity index (χ3v) is 34.8. The molecule has 0 aliphatic carbocycles. The molecule has 0 saturated heterocycles. The van der Waals surface area contributed by atoms with Gasteiger partial charge in [-0.2, -0.15) is 0 Å². The highest BCUT2D eigenvalue weighted by Crippen LogP contribution is 2.54. The summed E-state index contributed by atoms with van der Waals surface area (Å²) in [5.74, 6) is 0. The molecule has 20 aromatic carbocycles. The van der Waals surface area contributed by atoms with E-state index in [4.69, 9.17) is 152 Å². The summed E-state index contributed by atoms with van der Waals surface area (Å²) in [7, 11) is 0. The van der Waals surface area contributed by atoms with E-state index >= 15 is 0 Å². The molecule has 16 heteroatoms. The monoisotopic (exact) mass is 2210 g/mol. The molecular weight excluding hydrogens is 2110 g/mol. The van der Waals surface area contributed by atoms with Crippen LogP contribution in [0, 0.1) is 0 Å². The van der Waals surface area contributed by atoms with Crippen LogP contribution in [0.2, 0.25) is 0 Å². The minimum Gasteiger partial charge on any atom is -0.143 e. The fourth-order valence-corrected chi connectivity index (χ4v) is 25.3. The van der Waals surface area contributed by atoms with E-state index in [9.17, 15) is 0 Å². The highest BCUT2D eigenvalue weighted by molar-refractivity contribution is 8.03. The second-order valence-corrected chi connectivity index (χ2v) is 46.7. The van der Waals surface area contributed by atoms with Gasteiger partial charge >= 0.3 is 0 Å². The molecular formula is C133H100S16. The Bertz CT molecular complexity index is 6690. The van der Waals surface area contributed by atoms with Gasteiger partial charge in [0.1, 0.15) is 0 Å². The molecule has 0 saturated carbocycles. The Morgan fingerprint density at radius 3 is 0.282 bits per heavy atom. The van der Waals surface area contributed by atoms with E-state index in [2.05, 4.69) is 531 Å². The van der Waals surface area contributed by atoms with E-state index < -0.39 is 27.1 Å². The standard InChI is InChI=1S/C133H100S16/c134-113-49-17-97(18-50-113)129(98-19-51-114(135)52-20-98,99-21-53-115(136)54-22-99)93-9-1-89(2-10-93)81-85-146-125-73-41-109(42-74-125)133(110-43-75-126(76-44-110)147-86-82-90-3-11-94(12-4-90)130(100-23-55-116(137)56-24-100,101-25-57-117(138)58-26-101)102-27-59-118(139)60-28-102,111-45-77-127(78-46-111)148-87-83-91-5-13-95(14-6-91)131(103-29-61-119(140)62-30-103,104-31-63-120(141)64-32-104)105-33-65-121(142)66-34-105)112-47-79-128(80-48-112)149-88-84-92-7-15-96(16-8-92)132(106-35-67-122(143)68-36-106,107-37-69-123(144)70-38-107)108-39-71-124(145)72-40-108/h1-88,134-145H/b85-81-,86-82+,87-83+,88-84+. The molecule has 0 spiro atoms. The number of thiol groups is 12. The van der Waals surface area contributed by atoms with Crippen LogP contribution in [0.1, 0.15) is 134 Å². The predicted octanol–water partition coefficient (Wildman–Crippen LogP) is 38.1. The molecule has 0 bridgehead atoms. The lowest BCUT2D eigenvalue weighted by molar-refractivity contribution is 0.741. The van der Waals surface area contributed by atoms with Crippen molar-refractivity contribution < 1.29 is 0 Å². The van der Waals surface area contributed by atoms with Crippen molar-refractivity contribution in [3.63, 3.8) is 0 Å². The van der Waals surface area contributed by atoms with Gasteiger partial charge in [0.25, 0.3) is 0 Å². The normalized spacial score (nSPS) is 12.2. The van der Waals surface area contributed by atoms with E-state index in [0.717, 1.165) is 212 Å². The Labute approximate surface area is 958 Å². The van der Waals surface area contributed by atoms with Crippen molar-refractivity contribution in [2.24, 2.45) is 0 Å². The lowest BCUT2D eigenvalue weighted by Gasteiger charge is -2.37. The second-order valence-electron chi connectivity index (χ2n) is 36.6. The molecule has 0 atom stereocenters. The Kier molecular flexibility index (Phi) is 33.5. The Morgan fingerprint density at radius 2 is 0.188 bits per heavy atom. The first-order valence-corrected chi connectivity index (χ1v) is 57.2. The molecule has 0 heterocycles. The molecule has 149 heavy (non-hydrogen) atoms. The van der Waals surface area contributed by atoms with Gasteiger partial charge in [-0.25, -0.2) is 0 Å². The Hall–Kier alpha value is -11.0. The summed E-state index contributed by atoms with van der Waals surface area (Å²) in [6.07, 6.45) is 8.82. The zero-order valence-corrected chi connectivity index (χ0v) is 94.3. The number of rotatable bonds is 32. The van der Waals surface area contributed by atoms with E-state index in [0.29, 0.717) is 0 Å². The van der Waals surface area contributed by atoms with E-state index in [1.807, 2.05) is 0 Å². The summed E-state index contributed by atoms with van der Waals surface area (Å²) in [6.45, 7) is 0. The van der Waals surface area contributed by atoms with Gasteiger partial charge in [-0.1, -0.05) is 338 Å². The van der Waals surface area contributed by atoms with Gasteiger partial charge in [-0.3, -0.25) is 0 Å². The van der Waals surface area contributed by atoms with Crippen LogP contribution < -0.4 is 0 Å². The Morgan fingerprint density at radius 1 is 0.107 bits per heavy atom. The first-order chi connectivity index (χ1) is 72.6. The first-order valence-electron chi connectivity index (χ1n) is 48.4. The SMILES string of the molecule is Sc1ccc(C(c2ccc(S)cc2)(c2ccc(S)cc2)c2ccc(/C=C\Sc3ccc(C(c4ccc(S/C=C/c5ccc(C(c6ccc(S)cc6)(c6ccc(S)cc6)c6ccc(S)cc6)cc5)cc4)(c4ccc(S/C=C/c5ccc(C(c6ccc(S)cc6)(c6ccc(S)cc6)c6ccc(S)cc6)cc5)cc4)c4ccc(S/C=C/c5ccc(C(c6ccc(S)cc6)(c6ccc(S)cc6)c6ccc(S)cc6)cc5)cc4)cc3)cc2)cc1. The van der Waals surface area contributed by atoms with Crippen LogP contribution in [-0.2, 0) is 27.1 Å². The zero-order valence-electron chi connectivity index (χ0n) is 80.3. The van der Waals surface area contributed by atoms with Crippen molar-refractivity contribution in [3.8, 4) is 0 Å². The van der Waals surface area contributed by atoms with Crippen molar-refractivity contribution in [1.29, 1.82) is 0 Å². The summed E-state index contributed by atoms with van der Waals surface area (Å²) in [5.41, 5.74) is 23.1. The number of hydrogen-bond donors (Lipinski definition) is 12. The van der Waals surface area contributed by atoms with Crippen LogP contribution in [-0.4, -0.2) is 0 Å². The molecule has 728 valence electrons. The first kappa shape index (κ1) is 105. The van der Waals surface area contributed by atoms with Gasteiger partial charge < -0.3 is 0 Å². The lowest BCUT2D eigenvalue weighted by atomic mass is 9.65. The maximum absolute atomic E-state index is 4.75. The average molecular weight is 2210 g/mol. The van der Waals surface area contributed by atoms with E-state index in [-0.39, 0.29) is 0 Å². The van der Waals surface area contributed by atoms with Crippen LogP contribution in [0.25, 0.3) is 24.3 Å². The highest BCUT2D eigenvalue weighted by Gasteiger charge is 2.45. The summed E-state index contributed by atoms with van der Waals surface area (Å²) in [4.78, 5) is 15.1. The minimum atomic E-state index is -0.856. The molecule has 0 N–H and O–H groups in total. The summed E-state index contributed by atoms with van der Waals surface area (Å²) >= 11 is 63.8. The Balaban J connectivity index is 0.657. The van der Waals surface area contributed by atoms with Crippen molar-refractivity contribution in [2.75, 3.05) is 0 Å². The molecule has 0 aliphatic heterocycles. The van der Waals surface area contributed by atoms with Crippen molar-refractivity contribution in [1.82, 2.24) is 0 Å². The minimum absolute atomic E-state index is 0.674. The van der Waals surface area contributed by atoms with E-state index in [1.54, 1.807) is 47.0 Å². The van der Waals surface area contributed by atoms with Gasteiger partial charge in [0.15, 0.2) is 0 Å². The molecule has 0 aromatic heterocycles. The van der Waals surface area contributed by atoms with Crippen molar-refractivity contribution in [3.05, 3.63) is 640 Å². The second kappa shape index (κ2) is 47.5. The number of hydrogen-bond acceptors (Lipinski definition) is 16. The fraction of sp³-hybridized carbons (Fsp3) is 0.0376. The number of benzene rings is 20. The van der Waals surface area contributed by atoms with Crippen LogP contribution in [0.3, 0.4) is 0 Å². The third kappa shape index (κ3) is 22.5. The summed E-state index contributed by atoms with van der Waals surface area (Å²) < 4.78 is 0. The maximum atomic E-state index is 4.75. The van der Waals surface area contributed by atoms with Crippen LogP contribution >= 0.6 is 199 Å². The van der Waals surface area contributed by atoms with Crippen molar-refractivity contribution >= 4 is 223 Å². The fourth-order valence-electron chi connectivity index (χ4n) is 20.8. The molecule has 0 nitrogen and oxygen atoms in total. The summed E-state index contributed by atoms with van der Waals surface area (Å²) in [5, 5.41) is 8.79. The smallest absolute Gasteiger partial charge is 0.0701 e. The van der Waals surface area contributed by atoms with Crippen LogP contribution in [0.5, 0.6) is 0 Å². The van der Waals surface area contributed by atoms with Gasteiger partial charge in [0.2, 0.25) is 0 Å². The zero-order chi connectivity index (χ0) is 103. The van der Waals surface area contributed by atoms with Crippen LogP contribution in [0.4, 0.5) is 0 Å². The van der Waals surface area contributed by atoms with Crippen LogP contribution in [0.15, 0.2) is 585 Å². The number of thioether (sulfide) groups is 4. The third-order valence-electron chi connectivity index (χ3n) is 28.0. The maximum Gasteiger partial charge on any atom is 0.0701 e. The molecule has 0 aliphatic rings. The molecule has 0 amide bonds. The molecule has 0 radical (unpaired) electrons. The summed E-state index contributed by atoms with van der Waals surface area (Å²) in [6, 6.07) is 175.